The Hall–Kier alpha value is -1.39. The molecule has 0 spiro atoms. The summed E-state index contributed by atoms with van der Waals surface area (Å²) < 4.78 is 19.3. The molecule has 0 fully saturated rings. The molecule has 2 unspecified atom stereocenters. The van der Waals surface area contributed by atoms with Gasteiger partial charge in [0.25, 0.3) is 0 Å². The molecule has 0 bridgehead atoms. The number of fused-ring (bicyclic) bond motifs is 1. The average molecular weight is 337 g/mol. The number of aliphatic hydroxyl groups is 1. The van der Waals surface area contributed by atoms with Crippen molar-refractivity contribution in [1.82, 2.24) is 0 Å². The fourth-order valence-corrected chi connectivity index (χ4v) is 3.08. The van der Waals surface area contributed by atoms with Crippen LogP contribution in [0.1, 0.15) is 29.7 Å². The van der Waals surface area contributed by atoms with Gasteiger partial charge < -0.3 is 9.84 Å². The van der Waals surface area contributed by atoms with E-state index < -0.39 is 6.10 Å². The zero-order valence-electron chi connectivity index (χ0n) is 10.9. The van der Waals surface area contributed by atoms with Crippen LogP contribution in [-0.2, 0) is 6.42 Å². The van der Waals surface area contributed by atoms with Gasteiger partial charge in [-0.05, 0) is 47.9 Å². The number of hydrogen-bond acceptors (Lipinski definition) is 2. The summed E-state index contributed by atoms with van der Waals surface area (Å²) in [4.78, 5) is 0. The molecule has 2 aromatic rings. The van der Waals surface area contributed by atoms with Gasteiger partial charge in [-0.15, -0.1) is 0 Å². The van der Waals surface area contributed by atoms with Crippen molar-refractivity contribution in [2.45, 2.75) is 25.6 Å². The summed E-state index contributed by atoms with van der Waals surface area (Å²) in [5, 5.41) is 10.5. The highest BCUT2D eigenvalue weighted by molar-refractivity contribution is 9.10. The molecule has 1 N–H and O–H groups in total. The molecule has 0 saturated carbocycles. The molecule has 2 aromatic carbocycles. The van der Waals surface area contributed by atoms with Crippen molar-refractivity contribution in [3.63, 3.8) is 0 Å². The van der Waals surface area contributed by atoms with Crippen LogP contribution in [0.25, 0.3) is 0 Å². The van der Waals surface area contributed by atoms with Gasteiger partial charge in [-0.2, -0.15) is 0 Å². The molecular formula is C16H14BrFO2. The lowest BCUT2D eigenvalue weighted by atomic mass is 9.98. The molecular weight excluding hydrogens is 323 g/mol. The van der Waals surface area contributed by atoms with Crippen LogP contribution in [0.4, 0.5) is 4.39 Å². The highest BCUT2D eigenvalue weighted by Gasteiger charge is 2.21. The smallest absolute Gasteiger partial charge is 0.124 e. The van der Waals surface area contributed by atoms with Gasteiger partial charge in [-0.1, -0.05) is 28.1 Å². The maximum atomic E-state index is 13.1. The van der Waals surface area contributed by atoms with E-state index in [1.54, 1.807) is 6.07 Å². The molecule has 4 heteroatoms. The number of aliphatic hydroxyl groups excluding tert-OH is 1. The van der Waals surface area contributed by atoms with Crippen molar-refractivity contribution in [2.24, 2.45) is 0 Å². The third-order valence-corrected chi connectivity index (χ3v) is 4.18. The van der Waals surface area contributed by atoms with Crippen molar-refractivity contribution in [1.29, 1.82) is 0 Å². The van der Waals surface area contributed by atoms with E-state index in [4.69, 9.17) is 4.74 Å². The number of benzene rings is 2. The maximum Gasteiger partial charge on any atom is 0.124 e. The minimum absolute atomic E-state index is 0.176. The van der Waals surface area contributed by atoms with Crippen LogP contribution in [0.15, 0.2) is 40.9 Å². The summed E-state index contributed by atoms with van der Waals surface area (Å²) in [5.41, 5.74) is 2.54. The fraction of sp³-hybridized carbons (Fsp3) is 0.250. The maximum absolute atomic E-state index is 13.1. The van der Waals surface area contributed by atoms with Crippen molar-refractivity contribution < 1.29 is 14.2 Å². The van der Waals surface area contributed by atoms with Gasteiger partial charge in [-0.25, -0.2) is 4.39 Å². The lowest BCUT2D eigenvalue weighted by molar-refractivity contribution is 0.219. The second kappa shape index (κ2) is 5.19. The molecule has 0 radical (unpaired) electrons. The van der Waals surface area contributed by atoms with Crippen LogP contribution in [0.2, 0.25) is 0 Å². The first-order valence-corrected chi connectivity index (χ1v) is 7.26. The summed E-state index contributed by atoms with van der Waals surface area (Å²) in [6, 6.07) is 9.99. The lowest BCUT2D eigenvalue weighted by Crippen LogP contribution is -2.05. The minimum atomic E-state index is -0.786. The average Bonchev–Trinajstić information content (AvgIpc) is 2.77. The van der Waals surface area contributed by atoms with Crippen molar-refractivity contribution in [2.75, 3.05) is 0 Å². The highest BCUT2D eigenvalue weighted by atomic mass is 79.9. The van der Waals surface area contributed by atoms with Gasteiger partial charge in [0, 0.05) is 10.9 Å². The van der Waals surface area contributed by atoms with E-state index in [0.29, 0.717) is 10.0 Å². The zero-order valence-corrected chi connectivity index (χ0v) is 12.5. The molecule has 0 aliphatic carbocycles. The lowest BCUT2D eigenvalue weighted by Gasteiger charge is -2.14. The standard InChI is InChI=1S/C16H14BrFO2/c1-9-6-11-7-10(2-5-15(11)20-9)16(19)13-4-3-12(18)8-14(13)17/h2-5,7-9,16,19H,6H2,1H3. The van der Waals surface area contributed by atoms with Gasteiger partial charge >= 0.3 is 0 Å². The Morgan fingerprint density at radius 1 is 1.30 bits per heavy atom. The number of rotatable bonds is 2. The van der Waals surface area contributed by atoms with E-state index in [9.17, 15) is 9.50 Å². The van der Waals surface area contributed by atoms with Crippen LogP contribution in [-0.4, -0.2) is 11.2 Å². The minimum Gasteiger partial charge on any atom is -0.490 e. The van der Waals surface area contributed by atoms with E-state index in [1.165, 1.54) is 12.1 Å². The van der Waals surface area contributed by atoms with Gasteiger partial charge in [0.05, 0.1) is 0 Å². The molecule has 2 nitrogen and oxygen atoms in total. The van der Waals surface area contributed by atoms with Gasteiger partial charge in [0.2, 0.25) is 0 Å². The second-order valence-electron chi connectivity index (χ2n) is 5.07. The number of halogens is 2. The third kappa shape index (κ3) is 2.45. The molecule has 3 rings (SSSR count). The summed E-state index contributed by atoms with van der Waals surface area (Å²) in [6.07, 6.45) is 0.238. The van der Waals surface area contributed by atoms with Crippen LogP contribution < -0.4 is 4.74 Å². The van der Waals surface area contributed by atoms with Gasteiger partial charge in [0.15, 0.2) is 0 Å². The van der Waals surface area contributed by atoms with E-state index in [2.05, 4.69) is 15.9 Å². The molecule has 20 heavy (non-hydrogen) atoms. The first-order chi connectivity index (χ1) is 9.54. The van der Waals surface area contributed by atoms with Gasteiger partial charge in [0.1, 0.15) is 23.8 Å². The second-order valence-corrected chi connectivity index (χ2v) is 5.92. The Balaban J connectivity index is 1.95. The normalized spacial score (nSPS) is 18.5. The predicted octanol–water partition coefficient (Wildman–Crippen LogP) is 3.99. The van der Waals surface area contributed by atoms with Crippen LogP contribution >= 0.6 is 15.9 Å². The van der Waals surface area contributed by atoms with Crippen LogP contribution in [0.3, 0.4) is 0 Å². The number of hydrogen-bond donors (Lipinski definition) is 1. The summed E-state index contributed by atoms with van der Waals surface area (Å²) >= 11 is 3.29. The molecule has 1 aliphatic rings. The van der Waals surface area contributed by atoms with Gasteiger partial charge in [-0.3, -0.25) is 0 Å². The van der Waals surface area contributed by atoms with Crippen molar-refractivity contribution in [3.8, 4) is 5.75 Å². The summed E-state index contributed by atoms with van der Waals surface area (Å²) in [6.45, 7) is 2.02. The molecule has 2 atom stereocenters. The SMILES string of the molecule is CC1Cc2cc(C(O)c3ccc(F)cc3Br)ccc2O1. The zero-order chi connectivity index (χ0) is 14.3. The van der Waals surface area contributed by atoms with E-state index in [1.807, 2.05) is 25.1 Å². The van der Waals surface area contributed by atoms with E-state index >= 15 is 0 Å². The van der Waals surface area contributed by atoms with Crippen molar-refractivity contribution >= 4 is 15.9 Å². The Kier molecular flexibility index (Phi) is 3.52. The quantitative estimate of drug-likeness (QED) is 0.898. The Labute approximate surface area is 125 Å². The third-order valence-electron chi connectivity index (χ3n) is 3.49. The molecule has 0 aromatic heterocycles. The van der Waals surface area contributed by atoms with Crippen LogP contribution in [0, 0.1) is 5.82 Å². The highest BCUT2D eigenvalue weighted by Crippen LogP contribution is 2.34. The number of ether oxygens (including phenoxy) is 1. The van der Waals surface area contributed by atoms with E-state index in [0.717, 1.165) is 23.3 Å². The molecule has 0 amide bonds. The van der Waals surface area contributed by atoms with Crippen LogP contribution in [0.5, 0.6) is 5.75 Å². The molecule has 104 valence electrons. The summed E-state index contributed by atoms with van der Waals surface area (Å²) in [7, 11) is 0. The topological polar surface area (TPSA) is 29.5 Å². The summed E-state index contributed by atoms with van der Waals surface area (Å²) in [5.74, 6) is 0.552. The monoisotopic (exact) mass is 336 g/mol. The largest absolute Gasteiger partial charge is 0.490 e. The first kappa shape index (κ1) is 13.6. The molecule has 1 heterocycles. The first-order valence-electron chi connectivity index (χ1n) is 6.47. The fourth-order valence-electron chi connectivity index (χ4n) is 2.51. The molecule has 1 aliphatic heterocycles. The molecule has 0 saturated heterocycles. The predicted molar refractivity (Wildman–Crippen MR) is 78.4 cm³/mol. The Bertz CT molecular complexity index is 657. The van der Waals surface area contributed by atoms with E-state index in [-0.39, 0.29) is 11.9 Å². The Morgan fingerprint density at radius 2 is 2.10 bits per heavy atom. The Morgan fingerprint density at radius 3 is 2.85 bits per heavy atom. The van der Waals surface area contributed by atoms with Crippen molar-refractivity contribution in [3.05, 3.63) is 63.4 Å².